The average molecular weight is 443 g/mol. The zero-order valence-corrected chi connectivity index (χ0v) is 17.0. The van der Waals surface area contributed by atoms with E-state index in [4.69, 9.17) is 10.5 Å². The van der Waals surface area contributed by atoms with Gasteiger partial charge in [0.1, 0.15) is 11.6 Å². The van der Waals surface area contributed by atoms with Crippen LogP contribution >= 0.6 is 15.9 Å². The van der Waals surface area contributed by atoms with E-state index in [0.717, 1.165) is 4.47 Å². The minimum atomic E-state index is -0.575. The molecule has 2 N–H and O–H groups in total. The Kier molecular flexibility index (Phi) is 5.89. The molecule has 0 radical (unpaired) electrons. The molecule has 8 heteroatoms. The highest BCUT2D eigenvalue weighted by Gasteiger charge is 2.14. The van der Waals surface area contributed by atoms with E-state index in [0.29, 0.717) is 28.0 Å². The maximum Gasteiger partial charge on any atom is 0.282 e. The first kappa shape index (κ1) is 19.8. The number of aromatic nitrogens is 2. The number of rotatable bonds is 6. The van der Waals surface area contributed by atoms with E-state index < -0.39 is 5.91 Å². The first-order valence-electron chi connectivity index (χ1n) is 8.63. The summed E-state index contributed by atoms with van der Waals surface area (Å²) in [5.41, 5.74) is 6.11. The van der Waals surface area contributed by atoms with Gasteiger partial charge in [0.15, 0.2) is 6.61 Å². The molecule has 144 valence electrons. The summed E-state index contributed by atoms with van der Waals surface area (Å²) < 4.78 is 7.49. The molecule has 0 spiro atoms. The Bertz CT molecular complexity index is 1120. The maximum absolute atomic E-state index is 13.0. The lowest BCUT2D eigenvalue weighted by molar-refractivity contribution is -0.119. The molecule has 0 aliphatic heterocycles. The summed E-state index contributed by atoms with van der Waals surface area (Å²) in [6.07, 6.45) is 1.51. The highest BCUT2D eigenvalue weighted by Crippen LogP contribution is 2.20. The van der Waals surface area contributed by atoms with Crippen molar-refractivity contribution in [3.63, 3.8) is 0 Å². The first-order chi connectivity index (χ1) is 13.4. The van der Waals surface area contributed by atoms with Crippen molar-refractivity contribution in [2.75, 3.05) is 6.61 Å². The smallest absolute Gasteiger partial charge is 0.282 e. The molecule has 3 rings (SSSR count). The van der Waals surface area contributed by atoms with Gasteiger partial charge in [-0.1, -0.05) is 41.9 Å². The molecule has 0 aliphatic rings. The molecule has 3 aromatic rings. The van der Waals surface area contributed by atoms with Gasteiger partial charge in [-0.25, -0.2) is 4.98 Å². The number of carbonyl (C=O) groups excluding carboxylic acids is 1. The van der Waals surface area contributed by atoms with E-state index >= 15 is 0 Å². The van der Waals surface area contributed by atoms with Crippen LogP contribution < -0.4 is 16.0 Å². The van der Waals surface area contributed by atoms with Crippen LogP contribution in [0.15, 0.2) is 56.8 Å². The van der Waals surface area contributed by atoms with Gasteiger partial charge in [-0.15, -0.1) is 0 Å². The maximum atomic E-state index is 13.0. The summed E-state index contributed by atoms with van der Waals surface area (Å²) in [5, 5.41) is 4.84. The molecule has 28 heavy (non-hydrogen) atoms. The molecule has 0 atom stereocenters. The van der Waals surface area contributed by atoms with Crippen LogP contribution in [0.3, 0.4) is 0 Å². The molecule has 0 aliphatic carbocycles. The first-order valence-corrected chi connectivity index (χ1v) is 9.43. The number of para-hydroxylation sites is 1. The average Bonchev–Trinajstić information content (AvgIpc) is 2.66. The van der Waals surface area contributed by atoms with Crippen LogP contribution in [-0.4, -0.2) is 28.4 Å². The minimum Gasteiger partial charge on any atom is -0.483 e. The highest BCUT2D eigenvalue weighted by molar-refractivity contribution is 9.10. The third-order valence-corrected chi connectivity index (χ3v) is 4.44. The van der Waals surface area contributed by atoms with Crippen LogP contribution in [-0.2, 0) is 4.79 Å². The number of carbonyl (C=O) groups is 1. The van der Waals surface area contributed by atoms with Crippen LogP contribution in [0.4, 0.5) is 0 Å². The number of halogens is 1. The standard InChI is InChI=1S/C20H19BrN4O3/c1-12(2)19-24-16-8-7-14(21)9-15(16)20(27)25(19)23-10-13-5-3-4-6-17(13)28-11-18(22)26/h3-10,12H,11H2,1-2H3,(H2,22,26). The predicted octanol–water partition coefficient (Wildman–Crippen LogP) is 3.03. The second-order valence-electron chi connectivity index (χ2n) is 6.44. The van der Waals surface area contributed by atoms with Crippen molar-refractivity contribution in [3.05, 3.63) is 68.7 Å². The summed E-state index contributed by atoms with van der Waals surface area (Å²) in [6, 6.07) is 12.4. The van der Waals surface area contributed by atoms with Crippen LogP contribution in [0.5, 0.6) is 5.75 Å². The van der Waals surface area contributed by atoms with Crippen molar-refractivity contribution in [1.82, 2.24) is 9.66 Å². The molecule has 0 saturated carbocycles. The van der Waals surface area contributed by atoms with Crippen molar-refractivity contribution in [2.24, 2.45) is 10.8 Å². The topological polar surface area (TPSA) is 99.6 Å². The largest absolute Gasteiger partial charge is 0.483 e. The van der Waals surface area contributed by atoms with Gasteiger partial charge in [0.25, 0.3) is 11.5 Å². The number of amides is 1. The Morgan fingerprint density at radius 2 is 2.07 bits per heavy atom. The number of nitrogens with two attached hydrogens (primary N) is 1. The van der Waals surface area contributed by atoms with Gasteiger partial charge in [0.2, 0.25) is 0 Å². The van der Waals surface area contributed by atoms with Crippen molar-refractivity contribution in [1.29, 1.82) is 0 Å². The fraction of sp³-hybridized carbons (Fsp3) is 0.200. The van der Waals surface area contributed by atoms with Gasteiger partial charge >= 0.3 is 0 Å². The number of primary amides is 1. The van der Waals surface area contributed by atoms with E-state index in [1.807, 2.05) is 19.9 Å². The zero-order chi connectivity index (χ0) is 20.3. The summed E-state index contributed by atoms with van der Waals surface area (Å²) in [5.74, 6) is 0.404. The normalized spacial score (nSPS) is 11.4. The third-order valence-electron chi connectivity index (χ3n) is 3.95. The monoisotopic (exact) mass is 442 g/mol. The quantitative estimate of drug-likeness (QED) is 0.592. The molecule has 1 heterocycles. The van der Waals surface area contributed by atoms with Crippen LogP contribution in [0, 0.1) is 0 Å². The van der Waals surface area contributed by atoms with E-state index in [9.17, 15) is 9.59 Å². The summed E-state index contributed by atoms with van der Waals surface area (Å²) in [4.78, 5) is 28.6. The molecule has 2 aromatic carbocycles. The van der Waals surface area contributed by atoms with Crippen LogP contribution in [0.1, 0.15) is 31.2 Å². The highest BCUT2D eigenvalue weighted by atomic mass is 79.9. The molecule has 0 fully saturated rings. The van der Waals surface area contributed by atoms with E-state index in [1.165, 1.54) is 10.9 Å². The van der Waals surface area contributed by atoms with Crippen molar-refractivity contribution in [3.8, 4) is 5.75 Å². The number of fused-ring (bicyclic) bond motifs is 1. The molecule has 0 unspecified atom stereocenters. The Morgan fingerprint density at radius 1 is 1.32 bits per heavy atom. The lowest BCUT2D eigenvalue weighted by atomic mass is 10.2. The van der Waals surface area contributed by atoms with Gasteiger partial charge in [-0.05, 0) is 30.3 Å². The van der Waals surface area contributed by atoms with Gasteiger partial charge < -0.3 is 10.5 Å². The van der Waals surface area contributed by atoms with Crippen molar-refractivity contribution in [2.45, 2.75) is 19.8 Å². The number of ether oxygens (including phenoxy) is 1. The Balaban J connectivity index is 2.09. The molecular formula is C20H19BrN4O3. The fourth-order valence-electron chi connectivity index (χ4n) is 2.64. The SMILES string of the molecule is CC(C)c1nc2ccc(Br)cc2c(=O)n1N=Cc1ccccc1OCC(N)=O. The zero-order valence-electron chi connectivity index (χ0n) is 15.4. The number of hydrogen-bond acceptors (Lipinski definition) is 5. The summed E-state index contributed by atoms with van der Waals surface area (Å²) in [7, 11) is 0. The third kappa shape index (κ3) is 4.28. The molecule has 1 aromatic heterocycles. The summed E-state index contributed by atoms with van der Waals surface area (Å²) in [6.45, 7) is 3.65. The number of hydrogen-bond donors (Lipinski definition) is 1. The Labute approximate surface area is 170 Å². The Morgan fingerprint density at radius 3 is 2.79 bits per heavy atom. The fourth-order valence-corrected chi connectivity index (χ4v) is 3.00. The molecular weight excluding hydrogens is 424 g/mol. The molecule has 7 nitrogen and oxygen atoms in total. The summed E-state index contributed by atoms with van der Waals surface area (Å²) >= 11 is 3.38. The number of nitrogens with zero attached hydrogens (tertiary/aromatic N) is 3. The van der Waals surface area contributed by atoms with Crippen molar-refractivity contribution >= 4 is 39.0 Å². The van der Waals surface area contributed by atoms with Gasteiger partial charge in [-0.3, -0.25) is 9.59 Å². The number of benzene rings is 2. The molecule has 1 amide bonds. The second-order valence-corrected chi connectivity index (χ2v) is 7.36. The van der Waals surface area contributed by atoms with Gasteiger partial charge in [0, 0.05) is 16.0 Å². The van der Waals surface area contributed by atoms with Gasteiger partial charge in [0.05, 0.1) is 17.1 Å². The van der Waals surface area contributed by atoms with Crippen molar-refractivity contribution < 1.29 is 9.53 Å². The predicted molar refractivity (Wildman–Crippen MR) is 112 cm³/mol. The molecule has 0 bridgehead atoms. The minimum absolute atomic E-state index is 0.0146. The van der Waals surface area contributed by atoms with Gasteiger partial charge in [-0.2, -0.15) is 9.78 Å². The van der Waals surface area contributed by atoms with E-state index in [1.54, 1.807) is 36.4 Å². The van der Waals surface area contributed by atoms with E-state index in [2.05, 4.69) is 26.0 Å². The van der Waals surface area contributed by atoms with Crippen LogP contribution in [0.2, 0.25) is 0 Å². The lowest BCUT2D eigenvalue weighted by Gasteiger charge is -2.12. The second kappa shape index (κ2) is 8.35. The van der Waals surface area contributed by atoms with E-state index in [-0.39, 0.29) is 18.1 Å². The van der Waals surface area contributed by atoms with Crippen LogP contribution in [0.25, 0.3) is 10.9 Å². The molecule has 0 saturated heterocycles. The lowest BCUT2D eigenvalue weighted by Crippen LogP contribution is -2.23. The Hall–Kier alpha value is -3.00.